The van der Waals surface area contributed by atoms with Gasteiger partial charge in [-0.3, -0.25) is 4.79 Å². The molecule has 1 rings (SSSR count). The topological polar surface area (TPSA) is 83.6 Å². The zero-order valence-corrected chi connectivity index (χ0v) is 6.61. The average Bonchev–Trinajstić information content (AvgIpc) is 2.23. The molecule has 1 unspecified atom stereocenters. The van der Waals surface area contributed by atoms with Crippen LogP contribution in [0.1, 0.15) is 11.0 Å². The van der Waals surface area contributed by atoms with Gasteiger partial charge >= 0.3 is 5.97 Å². The van der Waals surface area contributed by atoms with Crippen LogP contribution >= 0.6 is 0 Å². The Bertz CT molecular complexity index is 441. The average molecular weight is 185 g/mol. The quantitative estimate of drug-likeness (QED) is 0.634. The molecule has 0 bridgehead atoms. The van der Waals surface area contributed by atoms with Crippen LogP contribution in [0.25, 0.3) is 0 Å². The van der Waals surface area contributed by atoms with Gasteiger partial charge < -0.3 is 15.9 Å². The molecule has 70 valence electrons. The Balaban J connectivity index is 3.22. The van der Waals surface area contributed by atoms with Gasteiger partial charge in [0.05, 0.1) is 4.11 Å². The second-order valence-corrected chi connectivity index (χ2v) is 2.35. The van der Waals surface area contributed by atoms with Crippen molar-refractivity contribution in [2.24, 2.45) is 5.73 Å². The zero-order valence-electron chi connectivity index (χ0n) is 10.6. The third kappa shape index (κ3) is 2.76. The van der Waals surface area contributed by atoms with Gasteiger partial charge in [-0.1, -0.05) is 12.1 Å². The third-order valence-corrected chi connectivity index (χ3v) is 1.31. The van der Waals surface area contributed by atoms with Gasteiger partial charge in [0.25, 0.3) is 0 Å². The van der Waals surface area contributed by atoms with Gasteiger partial charge in [-0.2, -0.15) is 0 Å². The highest BCUT2D eigenvalue weighted by atomic mass is 16.4. The van der Waals surface area contributed by atoms with Crippen LogP contribution in [-0.2, 0) is 11.2 Å². The van der Waals surface area contributed by atoms with Crippen molar-refractivity contribution in [1.82, 2.24) is 0 Å². The number of nitrogens with two attached hydrogens (primary N) is 1. The highest BCUT2D eigenvalue weighted by Gasteiger charge is 2.11. The Labute approximate surface area is 81.2 Å². The smallest absolute Gasteiger partial charge is 0.320 e. The fourth-order valence-electron chi connectivity index (χ4n) is 0.754. The van der Waals surface area contributed by atoms with E-state index in [1.807, 2.05) is 0 Å². The minimum atomic E-state index is -2.58. The summed E-state index contributed by atoms with van der Waals surface area (Å²) in [5, 5.41) is 18.0. The summed E-state index contributed by atoms with van der Waals surface area (Å²) in [6.07, 6.45) is -1.67. The highest BCUT2D eigenvalue weighted by molar-refractivity contribution is 5.73. The Morgan fingerprint density at radius 3 is 3.15 bits per heavy atom. The SMILES string of the molecule is [2H]c1cc(C([2H])[C@@]([2H])(N)C(=O)O)cc(O)c1[2H]. The van der Waals surface area contributed by atoms with E-state index in [0.717, 1.165) is 12.1 Å². The van der Waals surface area contributed by atoms with E-state index >= 15 is 0 Å². The molecule has 0 spiro atoms. The summed E-state index contributed by atoms with van der Waals surface area (Å²) in [6, 6.07) is -1.36. The minimum Gasteiger partial charge on any atom is -0.508 e. The lowest BCUT2D eigenvalue weighted by molar-refractivity contribution is -0.138. The van der Waals surface area contributed by atoms with Crippen LogP contribution in [0.4, 0.5) is 0 Å². The number of phenols is 1. The number of carbonyl (C=O) groups is 1. The maximum absolute atomic E-state index is 10.7. The van der Waals surface area contributed by atoms with Gasteiger partial charge in [-0.25, -0.2) is 0 Å². The van der Waals surface area contributed by atoms with Gasteiger partial charge in [-0.05, 0) is 24.1 Å². The number of hydrogen-bond acceptors (Lipinski definition) is 3. The second-order valence-electron chi connectivity index (χ2n) is 2.35. The summed E-state index contributed by atoms with van der Waals surface area (Å²) in [6.45, 7) is 0. The van der Waals surface area contributed by atoms with Crippen molar-refractivity contribution >= 4 is 5.97 Å². The van der Waals surface area contributed by atoms with E-state index in [9.17, 15) is 9.90 Å². The molecule has 0 saturated carbocycles. The number of carboxylic acids is 1. The van der Waals surface area contributed by atoms with E-state index in [4.69, 9.17) is 16.3 Å². The van der Waals surface area contributed by atoms with Crippen LogP contribution in [0.5, 0.6) is 5.75 Å². The normalized spacial score (nSPS) is 21.6. The molecule has 0 aliphatic rings. The molecule has 2 atom stereocenters. The van der Waals surface area contributed by atoms with Gasteiger partial charge in [0, 0.05) is 1.37 Å². The van der Waals surface area contributed by atoms with Crippen molar-refractivity contribution in [2.75, 3.05) is 0 Å². The van der Waals surface area contributed by atoms with Gasteiger partial charge in [-0.15, -0.1) is 0 Å². The summed E-state index contributed by atoms with van der Waals surface area (Å²) < 4.78 is 29.4. The molecular weight excluding hydrogens is 170 g/mol. The molecule has 0 radical (unpaired) electrons. The van der Waals surface area contributed by atoms with E-state index < -0.39 is 30.2 Å². The van der Waals surface area contributed by atoms with Crippen molar-refractivity contribution in [3.63, 3.8) is 0 Å². The molecule has 0 aliphatic heterocycles. The van der Waals surface area contributed by atoms with Crippen LogP contribution in [0.15, 0.2) is 24.2 Å². The van der Waals surface area contributed by atoms with Crippen molar-refractivity contribution in [3.8, 4) is 5.75 Å². The first-order valence-electron chi connectivity index (χ1n) is 5.50. The number of rotatable bonds is 3. The maximum atomic E-state index is 10.7. The minimum absolute atomic E-state index is 0.0941. The molecule has 4 nitrogen and oxygen atoms in total. The first kappa shape index (κ1) is 5.24. The van der Waals surface area contributed by atoms with Gasteiger partial charge in [0.15, 0.2) is 0 Å². The molecule has 0 fully saturated rings. The van der Waals surface area contributed by atoms with Gasteiger partial charge in [0.1, 0.15) is 11.8 Å². The largest absolute Gasteiger partial charge is 0.508 e. The highest BCUT2D eigenvalue weighted by Crippen LogP contribution is 2.11. The zero-order chi connectivity index (χ0) is 13.4. The summed E-state index contributed by atoms with van der Waals surface area (Å²) in [5.74, 6) is -2.23. The van der Waals surface area contributed by atoms with E-state index in [-0.39, 0.29) is 11.6 Å². The molecule has 0 aliphatic carbocycles. The Morgan fingerprint density at radius 1 is 1.92 bits per heavy atom. The van der Waals surface area contributed by atoms with Crippen molar-refractivity contribution in [1.29, 1.82) is 0 Å². The lowest BCUT2D eigenvalue weighted by atomic mass is 10.1. The first-order chi connectivity index (χ1) is 7.67. The predicted molar refractivity (Wildman–Crippen MR) is 47.4 cm³/mol. The number of hydrogen-bond donors (Lipinski definition) is 3. The summed E-state index contributed by atoms with van der Waals surface area (Å²) >= 11 is 0. The molecule has 13 heavy (non-hydrogen) atoms. The Morgan fingerprint density at radius 2 is 2.62 bits per heavy atom. The van der Waals surface area contributed by atoms with Crippen LogP contribution < -0.4 is 5.73 Å². The number of aliphatic carboxylic acids is 1. The molecule has 1 aromatic carbocycles. The standard InChI is InChI=1S/C9H11NO3/c10-8(9(12)13)5-6-2-1-3-7(11)4-6/h1-4,8,11H,5,10H2,(H,12,13)/t8-/m1/s1/i1D,3D,5D,8D/t5?,8-. The molecule has 0 heterocycles. The van der Waals surface area contributed by atoms with E-state index in [1.54, 1.807) is 0 Å². The van der Waals surface area contributed by atoms with E-state index in [2.05, 4.69) is 0 Å². The number of aromatic hydroxyl groups is 1. The summed E-state index contributed by atoms with van der Waals surface area (Å²) in [5.41, 5.74) is 5.07. The molecule has 0 aromatic heterocycles. The fourth-order valence-corrected chi connectivity index (χ4v) is 0.754. The number of benzene rings is 1. The molecule has 4 heteroatoms. The summed E-state index contributed by atoms with van der Waals surface area (Å²) in [7, 11) is 0. The molecule has 0 saturated heterocycles. The number of carboxylic acid groups (broad SMARTS) is 1. The van der Waals surface area contributed by atoms with E-state index in [1.165, 1.54) is 0 Å². The van der Waals surface area contributed by atoms with Crippen molar-refractivity contribution < 1.29 is 20.5 Å². The monoisotopic (exact) mass is 185 g/mol. The molecule has 4 N–H and O–H groups in total. The maximum Gasteiger partial charge on any atom is 0.320 e. The van der Waals surface area contributed by atoms with Crippen LogP contribution in [0.2, 0.25) is 0 Å². The first-order valence-corrected chi connectivity index (χ1v) is 3.42. The van der Waals surface area contributed by atoms with Crippen LogP contribution in [-0.4, -0.2) is 22.2 Å². The summed E-state index contributed by atoms with van der Waals surface area (Å²) in [4.78, 5) is 10.7. The fraction of sp³-hybridized carbons (Fsp3) is 0.222. The van der Waals surface area contributed by atoms with Crippen LogP contribution in [0, 0.1) is 0 Å². The van der Waals surface area contributed by atoms with Crippen LogP contribution in [0.3, 0.4) is 0 Å². The van der Waals surface area contributed by atoms with E-state index in [0.29, 0.717) is 0 Å². The Kier molecular flexibility index (Phi) is 1.58. The van der Waals surface area contributed by atoms with Gasteiger partial charge in [0.2, 0.25) is 0 Å². The lowest BCUT2D eigenvalue weighted by Gasteiger charge is -2.05. The molecular formula is C9H11NO3. The van der Waals surface area contributed by atoms with Crippen molar-refractivity contribution in [2.45, 2.75) is 12.4 Å². The number of phenolic OH excluding ortho intramolecular Hbond substituents is 1. The van der Waals surface area contributed by atoms with Crippen molar-refractivity contribution in [3.05, 3.63) is 29.8 Å². The predicted octanol–water partition coefficient (Wildman–Crippen LogP) is 0.347. The molecule has 1 aromatic rings. The lowest BCUT2D eigenvalue weighted by Crippen LogP contribution is -2.32. The second kappa shape index (κ2) is 3.91. The Hall–Kier alpha value is -1.55. The molecule has 0 amide bonds. The third-order valence-electron chi connectivity index (χ3n) is 1.31.